The zero-order valence-corrected chi connectivity index (χ0v) is 26.3. The molecule has 4 heterocycles. The van der Waals surface area contributed by atoms with Crippen molar-refractivity contribution in [3.63, 3.8) is 0 Å². The molecule has 38 heavy (non-hydrogen) atoms. The first-order valence-corrected chi connectivity index (χ1v) is 12.9. The molecule has 2 saturated heterocycles. The van der Waals surface area contributed by atoms with Crippen LogP contribution >= 0.6 is 0 Å². The number of aromatic nitrogens is 4. The smallest absolute Gasteiger partial charge is 0.204 e. The minimum absolute atomic E-state index is 0.998. The van der Waals surface area contributed by atoms with E-state index < -0.39 is 0 Å². The summed E-state index contributed by atoms with van der Waals surface area (Å²) in [6.07, 6.45) is 4.12. The molecule has 0 aromatic carbocycles. The molecule has 2 aromatic rings. The Kier molecular flexibility index (Phi) is 12.9. The van der Waals surface area contributed by atoms with Gasteiger partial charge in [-0.2, -0.15) is 0 Å². The molecule has 0 saturated carbocycles. The van der Waals surface area contributed by atoms with Gasteiger partial charge in [0, 0.05) is 135 Å². The highest BCUT2D eigenvalue weighted by atomic mass is 15.4. The number of rotatable bonds is 0. The van der Waals surface area contributed by atoms with Crippen LogP contribution in [0.15, 0.2) is 32.4 Å². The minimum atomic E-state index is 0.998. The highest BCUT2D eigenvalue weighted by Gasteiger charge is 2.18. The molecule has 2 aromatic heterocycles. The maximum absolute atomic E-state index is 4.12. The van der Waals surface area contributed by atoms with Gasteiger partial charge in [0.05, 0.1) is 0 Å². The average molecular weight is 533 g/mol. The first-order chi connectivity index (χ1) is 17.8. The van der Waals surface area contributed by atoms with Gasteiger partial charge in [-0.1, -0.05) is 0 Å². The van der Waals surface area contributed by atoms with Gasteiger partial charge in [0.15, 0.2) is 11.9 Å². The molecule has 2 fully saturated rings. The molecular weight excluding hydrogens is 480 g/mol. The van der Waals surface area contributed by atoms with E-state index in [-0.39, 0.29) is 0 Å². The molecule has 0 spiro atoms. The van der Waals surface area contributed by atoms with Crippen LogP contribution in [-0.2, 0) is 28.2 Å². The number of hydrogen-bond donors (Lipinski definition) is 0. The van der Waals surface area contributed by atoms with E-state index in [0.29, 0.717) is 0 Å². The first kappa shape index (κ1) is 32.6. The van der Waals surface area contributed by atoms with Crippen LogP contribution in [0.4, 0.5) is 0 Å². The van der Waals surface area contributed by atoms with Crippen molar-refractivity contribution in [2.45, 2.75) is 13.8 Å². The molecule has 12 nitrogen and oxygen atoms in total. The van der Waals surface area contributed by atoms with E-state index in [0.717, 1.165) is 49.3 Å². The fourth-order valence-electron chi connectivity index (χ4n) is 4.52. The molecule has 0 atom stereocenters. The van der Waals surface area contributed by atoms with Crippen molar-refractivity contribution in [2.75, 3.05) is 82.6 Å². The van der Waals surface area contributed by atoms with Crippen LogP contribution in [-0.4, -0.2) is 132 Å². The second kappa shape index (κ2) is 15.1. The van der Waals surface area contributed by atoms with Gasteiger partial charge >= 0.3 is 0 Å². The van der Waals surface area contributed by atoms with Crippen LogP contribution in [0.5, 0.6) is 0 Å². The van der Waals surface area contributed by atoms with E-state index in [1.165, 1.54) is 11.4 Å². The second-order valence-corrected chi connectivity index (χ2v) is 9.66. The Morgan fingerprint density at radius 1 is 0.474 bits per heavy atom. The van der Waals surface area contributed by atoms with Gasteiger partial charge in [-0.25, -0.2) is 0 Å². The molecule has 2 aliphatic heterocycles. The van der Waals surface area contributed by atoms with Crippen molar-refractivity contribution in [1.82, 2.24) is 37.9 Å². The van der Waals surface area contributed by atoms with E-state index in [2.05, 4.69) is 103 Å². The third-order valence-electron chi connectivity index (χ3n) is 6.76. The van der Waals surface area contributed by atoms with Crippen LogP contribution in [0.25, 0.3) is 0 Å². The van der Waals surface area contributed by atoms with Gasteiger partial charge < -0.3 is 37.9 Å². The second-order valence-electron chi connectivity index (χ2n) is 9.66. The highest BCUT2D eigenvalue weighted by Crippen LogP contribution is 2.02. The normalized spacial score (nSPS) is 15.7. The monoisotopic (exact) mass is 532 g/mol. The number of hydrogen-bond acceptors (Lipinski definition) is 4. The van der Waals surface area contributed by atoms with Crippen LogP contribution in [0.1, 0.15) is 11.4 Å². The van der Waals surface area contributed by atoms with Crippen molar-refractivity contribution in [3.8, 4) is 0 Å². The van der Waals surface area contributed by atoms with E-state index in [1.807, 2.05) is 51.4 Å². The fraction of sp³-hybridized carbons (Fsp3) is 0.692. The summed E-state index contributed by atoms with van der Waals surface area (Å²) in [6.45, 7) is 8.53. The largest absolute Gasteiger partial charge is 0.344 e. The van der Waals surface area contributed by atoms with Crippen LogP contribution in [0.3, 0.4) is 0 Å². The Labute approximate surface area is 229 Å². The molecule has 12 heteroatoms. The average Bonchev–Trinajstić information content (AvgIpc) is 3.54. The molecule has 0 N–H and O–H groups in total. The third kappa shape index (κ3) is 8.29. The summed E-state index contributed by atoms with van der Waals surface area (Å²) in [5, 5.41) is 0. The Bertz CT molecular complexity index is 1090. The summed E-state index contributed by atoms with van der Waals surface area (Å²) in [6, 6.07) is 0. The molecule has 0 unspecified atom stereocenters. The Morgan fingerprint density at radius 2 is 0.737 bits per heavy atom. The summed E-state index contributed by atoms with van der Waals surface area (Å²) in [7, 11) is 23.5. The SMILES string of the molecule is CN=C1N(C)CCN1C.CN=C1N(C)CCN1C.CN=c1n(C)cc(C)n1C.CN=c1n(C)cc(C)n1C. The summed E-state index contributed by atoms with van der Waals surface area (Å²) in [5.74, 6) is 2.19. The summed E-state index contributed by atoms with van der Waals surface area (Å²) >= 11 is 0. The predicted molar refractivity (Wildman–Crippen MR) is 158 cm³/mol. The van der Waals surface area contributed by atoms with Gasteiger partial charge in [0.25, 0.3) is 0 Å². The number of aryl methyl sites for hydroxylation is 4. The fourth-order valence-corrected chi connectivity index (χ4v) is 4.52. The quantitative estimate of drug-likeness (QED) is 0.482. The molecule has 0 radical (unpaired) electrons. The molecule has 216 valence electrons. The Balaban J connectivity index is 0.000000254. The van der Waals surface area contributed by atoms with Crippen LogP contribution in [0, 0.1) is 13.8 Å². The molecule has 0 aliphatic carbocycles. The maximum Gasteiger partial charge on any atom is 0.204 e. The first-order valence-electron chi connectivity index (χ1n) is 12.9. The standard InChI is InChI=1S/2C7H13N3.2C6H13N3/c2*1-6-5-9(3)7(8-2)10(6)4;2*1-7-6-8(2)4-5-9(6)3/h2*5H,1-4H3;2*4-5H2,1-3H3. The van der Waals surface area contributed by atoms with Crippen molar-refractivity contribution in [3.05, 3.63) is 35.0 Å². The molecular formula is C26H52N12. The van der Waals surface area contributed by atoms with E-state index in [9.17, 15) is 0 Å². The van der Waals surface area contributed by atoms with Gasteiger partial charge in [-0.05, 0) is 13.8 Å². The van der Waals surface area contributed by atoms with E-state index >= 15 is 0 Å². The molecule has 2 aliphatic rings. The lowest BCUT2D eigenvalue weighted by molar-refractivity contribution is 0.553. The predicted octanol–water partition coefficient (Wildman–Crippen LogP) is 0.104. The summed E-state index contributed by atoms with van der Waals surface area (Å²) in [4.78, 5) is 25.1. The lowest BCUT2D eigenvalue weighted by Gasteiger charge is -2.13. The topological polar surface area (TPSA) is 82.1 Å². The Morgan fingerprint density at radius 3 is 0.842 bits per heavy atom. The lowest BCUT2D eigenvalue weighted by atomic mass is 10.5. The van der Waals surface area contributed by atoms with Crippen molar-refractivity contribution < 1.29 is 0 Å². The van der Waals surface area contributed by atoms with E-state index in [1.54, 1.807) is 14.1 Å². The Hall–Kier alpha value is -3.44. The van der Waals surface area contributed by atoms with Gasteiger partial charge in [0.2, 0.25) is 11.2 Å². The van der Waals surface area contributed by atoms with E-state index in [4.69, 9.17) is 0 Å². The van der Waals surface area contributed by atoms with Gasteiger partial charge in [-0.3, -0.25) is 20.0 Å². The number of aliphatic imine (C=N–C) groups is 2. The minimum Gasteiger partial charge on any atom is -0.344 e. The van der Waals surface area contributed by atoms with Gasteiger partial charge in [0.1, 0.15) is 0 Å². The summed E-state index contributed by atoms with van der Waals surface area (Å²) in [5.41, 5.74) is 4.45. The maximum atomic E-state index is 4.12. The number of guanidine groups is 2. The molecule has 0 bridgehead atoms. The number of likely N-dealkylation sites (N-methyl/N-ethyl adjacent to an activating group) is 4. The van der Waals surface area contributed by atoms with Crippen molar-refractivity contribution in [2.24, 2.45) is 48.2 Å². The molecule has 0 amide bonds. The van der Waals surface area contributed by atoms with Crippen LogP contribution < -0.4 is 11.2 Å². The van der Waals surface area contributed by atoms with Crippen molar-refractivity contribution >= 4 is 11.9 Å². The zero-order chi connectivity index (χ0) is 29.2. The summed E-state index contributed by atoms with van der Waals surface area (Å²) < 4.78 is 8.13. The highest BCUT2D eigenvalue weighted by molar-refractivity contribution is 5.81. The molecule has 4 rings (SSSR count). The van der Waals surface area contributed by atoms with Gasteiger partial charge in [-0.15, -0.1) is 0 Å². The number of imidazole rings is 2. The third-order valence-corrected chi connectivity index (χ3v) is 6.76. The lowest BCUT2D eigenvalue weighted by Crippen LogP contribution is -2.27. The van der Waals surface area contributed by atoms with Crippen molar-refractivity contribution in [1.29, 1.82) is 0 Å². The number of nitrogens with zero attached hydrogens (tertiary/aromatic N) is 12. The van der Waals surface area contributed by atoms with Crippen LogP contribution in [0.2, 0.25) is 0 Å². The zero-order valence-electron chi connectivity index (χ0n) is 26.3.